The smallest absolute Gasteiger partial charge is 0.329 e. The summed E-state index contributed by atoms with van der Waals surface area (Å²) >= 11 is 5.85. The molecular weight excluding hydrogens is 432 g/mol. The second-order valence-corrected chi connectivity index (χ2v) is 8.15. The fraction of sp³-hybridized carbons (Fsp3) is 0.375. The minimum absolute atomic E-state index is 0.136. The van der Waals surface area contributed by atoms with Crippen LogP contribution in [-0.2, 0) is 20.7 Å². The van der Waals surface area contributed by atoms with Gasteiger partial charge in [-0.25, -0.2) is 4.79 Å². The molecule has 2 aromatic carbocycles. The fourth-order valence-corrected chi connectivity index (χ4v) is 3.08. The molecule has 1 unspecified atom stereocenters. The summed E-state index contributed by atoms with van der Waals surface area (Å²) in [7, 11) is 1.60. The number of hydrogen-bond donors (Lipinski definition) is 2. The number of hydrogen-bond acceptors (Lipinski definition) is 5. The number of ether oxygens (including phenoxy) is 2. The maximum absolute atomic E-state index is 12.5. The quantitative estimate of drug-likeness (QED) is 0.501. The van der Waals surface area contributed by atoms with E-state index in [1.807, 2.05) is 38.1 Å². The van der Waals surface area contributed by atoms with Crippen molar-refractivity contribution in [2.45, 2.75) is 32.7 Å². The lowest BCUT2D eigenvalue weighted by molar-refractivity contribution is -0.150. The van der Waals surface area contributed by atoms with Gasteiger partial charge in [0, 0.05) is 17.1 Å². The Labute approximate surface area is 193 Å². The monoisotopic (exact) mass is 460 g/mol. The molecule has 2 N–H and O–H groups in total. The van der Waals surface area contributed by atoms with Crippen LogP contribution in [-0.4, -0.2) is 44.1 Å². The van der Waals surface area contributed by atoms with Gasteiger partial charge in [0.2, 0.25) is 0 Å². The molecule has 0 aromatic heterocycles. The van der Waals surface area contributed by atoms with Crippen LogP contribution in [0.3, 0.4) is 0 Å². The summed E-state index contributed by atoms with van der Waals surface area (Å²) in [5, 5.41) is 5.91. The Morgan fingerprint density at radius 1 is 1.00 bits per heavy atom. The van der Waals surface area contributed by atoms with Crippen molar-refractivity contribution in [3.8, 4) is 5.75 Å². The number of benzene rings is 2. The Bertz CT molecular complexity index is 898. The summed E-state index contributed by atoms with van der Waals surface area (Å²) in [6.07, 6.45) is 1.02. The zero-order valence-corrected chi connectivity index (χ0v) is 19.3. The van der Waals surface area contributed by atoms with Gasteiger partial charge in [-0.1, -0.05) is 37.6 Å². The van der Waals surface area contributed by atoms with E-state index in [0.29, 0.717) is 30.0 Å². The molecule has 172 valence electrons. The number of carbonyl (C=O) groups excluding carboxylic acids is 3. The van der Waals surface area contributed by atoms with E-state index in [1.54, 1.807) is 31.4 Å². The number of methoxy groups -OCH3 is 1. The summed E-state index contributed by atoms with van der Waals surface area (Å²) < 4.78 is 10.3. The van der Waals surface area contributed by atoms with E-state index in [9.17, 15) is 14.4 Å². The lowest BCUT2D eigenvalue weighted by Gasteiger charge is -2.19. The van der Waals surface area contributed by atoms with Gasteiger partial charge in [-0.05, 0) is 60.7 Å². The molecule has 2 aromatic rings. The standard InChI is InChI=1S/C24H29ClN2O5/c1-16(2)14-21(27-23(29)18-6-8-19(25)9-7-18)24(30)32-15-22(28)26-13-12-17-4-10-20(31-3)11-5-17/h4-11,16,21H,12-15H2,1-3H3,(H,26,28)(H,27,29). The van der Waals surface area contributed by atoms with Crippen molar-refractivity contribution in [2.24, 2.45) is 5.92 Å². The number of carbonyl (C=O) groups is 3. The third-order valence-electron chi connectivity index (χ3n) is 4.64. The van der Waals surface area contributed by atoms with Gasteiger partial charge < -0.3 is 20.1 Å². The lowest BCUT2D eigenvalue weighted by Crippen LogP contribution is -2.43. The Hall–Kier alpha value is -3.06. The first kappa shape index (κ1) is 25.2. The number of rotatable bonds is 11. The molecule has 7 nitrogen and oxygen atoms in total. The summed E-state index contributed by atoms with van der Waals surface area (Å²) in [6.45, 7) is 3.86. The third kappa shape index (κ3) is 8.59. The van der Waals surface area contributed by atoms with Gasteiger partial charge in [-0.2, -0.15) is 0 Å². The summed E-state index contributed by atoms with van der Waals surface area (Å²) in [5.74, 6) is -0.557. The van der Waals surface area contributed by atoms with Gasteiger partial charge in [-0.15, -0.1) is 0 Å². The molecule has 0 radical (unpaired) electrons. The molecule has 0 aliphatic heterocycles. The molecule has 0 fully saturated rings. The molecule has 1 atom stereocenters. The molecular formula is C24H29ClN2O5. The minimum atomic E-state index is -0.856. The Morgan fingerprint density at radius 3 is 2.25 bits per heavy atom. The van der Waals surface area contributed by atoms with Crippen molar-refractivity contribution in [1.29, 1.82) is 0 Å². The zero-order chi connectivity index (χ0) is 23.5. The molecule has 0 bridgehead atoms. The number of esters is 1. The highest BCUT2D eigenvalue weighted by molar-refractivity contribution is 6.30. The first-order valence-corrected chi connectivity index (χ1v) is 10.8. The van der Waals surface area contributed by atoms with Crippen LogP contribution in [0.15, 0.2) is 48.5 Å². The van der Waals surface area contributed by atoms with E-state index in [0.717, 1.165) is 11.3 Å². The largest absolute Gasteiger partial charge is 0.497 e. The average molecular weight is 461 g/mol. The van der Waals surface area contributed by atoms with Crippen molar-refractivity contribution >= 4 is 29.4 Å². The Morgan fingerprint density at radius 2 is 1.66 bits per heavy atom. The van der Waals surface area contributed by atoms with Crippen LogP contribution in [0.2, 0.25) is 5.02 Å². The highest BCUT2D eigenvalue weighted by Crippen LogP contribution is 2.12. The molecule has 32 heavy (non-hydrogen) atoms. The van der Waals surface area contributed by atoms with Gasteiger partial charge in [-0.3, -0.25) is 9.59 Å². The van der Waals surface area contributed by atoms with Crippen LogP contribution in [0.4, 0.5) is 0 Å². The highest BCUT2D eigenvalue weighted by atomic mass is 35.5. The molecule has 0 saturated heterocycles. The number of amides is 2. The predicted octanol–water partition coefficient (Wildman–Crippen LogP) is 3.40. The molecule has 0 aliphatic rings. The van der Waals surface area contributed by atoms with Gasteiger partial charge in [0.05, 0.1) is 7.11 Å². The van der Waals surface area contributed by atoms with Crippen LogP contribution in [0, 0.1) is 5.92 Å². The minimum Gasteiger partial charge on any atom is -0.497 e. The maximum atomic E-state index is 12.5. The van der Waals surface area contributed by atoms with Crippen molar-refractivity contribution < 1.29 is 23.9 Å². The average Bonchev–Trinajstić information content (AvgIpc) is 2.77. The van der Waals surface area contributed by atoms with E-state index in [4.69, 9.17) is 21.1 Å². The van der Waals surface area contributed by atoms with Crippen LogP contribution in [0.25, 0.3) is 0 Å². The van der Waals surface area contributed by atoms with E-state index in [-0.39, 0.29) is 5.92 Å². The first-order valence-electron chi connectivity index (χ1n) is 10.4. The topological polar surface area (TPSA) is 93.7 Å². The third-order valence-corrected chi connectivity index (χ3v) is 4.90. The molecule has 0 spiro atoms. The summed E-state index contributed by atoms with van der Waals surface area (Å²) in [5.41, 5.74) is 1.43. The van der Waals surface area contributed by atoms with Crippen molar-refractivity contribution in [3.05, 3.63) is 64.7 Å². The van der Waals surface area contributed by atoms with Crippen molar-refractivity contribution in [1.82, 2.24) is 10.6 Å². The second kappa shape index (κ2) is 12.7. The van der Waals surface area contributed by atoms with Crippen molar-refractivity contribution in [3.63, 3.8) is 0 Å². The van der Waals surface area contributed by atoms with Gasteiger partial charge in [0.15, 0.2) is 6.61 Å². The molecule has 8 heteroatoms. The van der Waals surface area contributed by atoms with E-state index in [1.165, 1.54) is 0 Å². The van der Waals surface area contributed by atoms with Crippen LogP contribution in [0.1, 0.15) is 36.2 Å². The number of halogens is 1. The fourth-order valence-electron chi connectivity index (χ4n) is 2.96. The second-order valence-electron chi connectivity index (χ2n) is 7.72. The number of nitrogens with one attached hydrogen (secondary N) is 2. The predicted molar refractivity (Wildman–Crippen MR) is 123 cm³/mol. The summed E-state index contributed by atoms with van der Waals surface area (Å²) in [6, 6.07) is 13.0. The lowest BCUT2D eigenvalue weighted by atomic mass is 10.0. The maximum Gasteiger partial charge on any atom is 0.329 e. The SMILES string of the molecule is COc1ccc(CCNC(=O)COC(=O)C(CC(C)C)NC(=O)c2ccc(Cl)cc2)cc1. The highest BCUT2D eigenvalue weighted by Gasteiger charge is 2.24. The van der Waals surface area contributed by atoms with E-state index < -0.39 is 30.4 Å². The Kier molecular flexibility index (Phi) is 10.0. The normalized spacial score (nSPS) is 11.5. The van der Waals surface area contributed by atoms with Gasteiger partial charge in [0.1, 0.15) is 11.8 Å². The van der Waals surface area contributed by atoms with Gasteiger partial charge in [0.25, 0.3) is 11.8 Å². The van der Waals surface area contributed by atoms with Crippen molar-refractivity contribution in [2.75, 3.05) is 20.3 Å². The van der Waals surface area contributed by atoms with E-state index >= 15 is 0 Å². The molecule has 2 rings (SSSR count). The van der Waals surface area contributed by atoms with Crippen LogP contribution >= 0.6 is 11.6 Å². The molecule has 2 amide bonds. The molecule has 0 saturated carbocycles. The van der Waals surface area contributed by atoms with Gasteiger partial charge >= 0.3 is 5.97 Å². The Balaban J connectivity index is 1.81. The van der Waals surface area contributed by atoms with Crippen LogP contribution in [0.5, 0.6) is 5.75 Å². The zero-order valence-electron chi connectivity index (χ0n) is 18.5. The van der Waals surface area contributed by atoms with Crippen LogP contribution < -0.4 is 15.4 Å². The molecule has 0 aliphatic carbocycles. The summed E-state index contributed by atoms with van der Waals surface area (Å²) in [4.78, 5) is 37.0. The first-order chi connectivity index (χ1) is 15.3. The molecule has 0 heterocycles. The van der Waals surface area contributed by atoms with E-state index in [2.05, 4.69) is 10.6 Å².